The number of amides is 1. The van der Waals surface area contributed by atoms with E-state index in [4.69, 9.17) is 21.1 Å². The lowest BCUT2D eigenvalue weighted by molar-refractivity contribution is -0.134. The van der Waals surface area contributed by atoms with Gasteiger partial charge in [0.25, 0.3) is 5.91 Å². The fourth-order valence-corrected chi connectivity index (χ4v) is 5.02. The van der Waals surface area contributed by atoms with Crippen LogP contribution in [0.25, 0.3) is 0 Å². The molecule has 2 N–H and O–H groups in total. The van der Waals surface area contributed by atoms with Gasteiger partial charge in [-0.15, -0.1) is 11.6 Å². The van der Waals surface area contributed by atoms with E-state index in [1.807, 2.05) is 0 Å². The maximum Gasteiger partial charge on any atom is 0.262 e. The minimum Gasteiger partial charge on any atom is -0.497 e. The van der Waals surface area contributed by atoms with Crippen LogP contribution in [0.4, 0.5) is 0 Å². The molecule has 0 spiro atoms. The Morgan fingerprint density at radius 1 is 1.16 bits per heavy atom. The summed E-state index contributed by atoms with van der Waals surface area (Å²) in [6.07, 6.45) is 0.669. The van der Waals surface area contributed by atoms with Gasteiger partial charge in [-0.2, -0.15) is 4.31 Å². The van der Waals surface area contributed by atoms with E-state index in [-0.39, 0.29) is 11.4 Å². The van der Waals surface area contributed by atoms with E-state index in [1.165, 1.54) is 19.2 Å². The summed E-state index contributed by atoms with van der Waals surface area (Å²) in [6, 6.07) is 11.8. The lowest BCUT2D eigenvalue weighted by atomic mass is 10.0. The molecule has 10 heteroatoms. The monoisotopic (exact) mass is 484 g/mol. The number of carbonyl (C=O) groups excluding carboxylic acids is 1. The maximum absolute atomic E-state index is 13.6. The minimum absolute atomic E-state index is 0.00137. The number of nitrogens with one attached hydrogen (secondary N) is 1. The number of methoxy groups -OCH3 is 1. The topological polar surface area (TPSA) is 105 Å². The second kappa shape index (κ2) is 12.1. The van der Waals surface area contributed by atoms with Crippen molar-refractivity contribution in [2.75, 3.05) is 19.6 Å². The summed E-state index contributed by atoms with van der Waals surface area (Å²) in [5.74, 6) is 0.316. The highest BCUT2D eigenvalue weighted by atomic mass is 35.5. The van der Waals surface area contributed by atoms with Crippen LogP contribution in [0, 0.1) is 5.92 Å². The number of hydroxylamine groups is 1. The molecule has 0 aliphatic carbocycles. The first-order valence-electron chi connectivity index (χ1n) is 10.1. The van der Waals surface area contributed by atoms with Crippen molar-refractivity contribution in [2.24, 2.45) is 5.92 Å². The van der Waals surface area contributed by atoms with Crippen LogP contribution in [-0.4, -0.2) is 49.5 Å². The number of nitrogens with zero attached hydrogens (tertiary/aromatic N) is 1. The summed E-state index contributed by atoms with van der Waals surface area (Å²) in [7, 11) is -2.60. The summed E-state index contributed by atoms with van der Waals surface area (Å²) in [5.41, 5.74) is 2.23. The Kier molecular flexibility index (Phi) is 9.77. The molecule has 2 aromatic rings. The minimum atomic E-state index is -4.12. The average molecular weight is 485 g/mol. The molecule has 2 rings (SSSR count). The van der Waals surface area contributed by atoms with Crippen LogP contribution >= 0.6 is 11.6 Å². The number of sulfonamides is 1. The Bertz CT molecular complexity index is 982. The van der Waals surface area contributed by atoms with Gasteiger partial charge in [0.2, 0.25) is 10.0 Å². The van der Waals surface area contributed by atoms with Crippen molar-refractivity contribution in [2.45, 2.75) is 37.8 Å². The predicted molar refractivity (Wildman–Crippen MR) is 122 cm³/mol. The van der Waals surface area contributed by atoms with Crippen molar-refractivity contribution < 1.29 is 27.9 Å². The van der Waals surface area contributed by atoms with Gasteiger partial charge in [0.15, 0.2) is 0 Å². The molecule has 0 aliphatic heterocycles. The number of carbonyl (C=O) groups is 1. The van der Waals surface area contributed by atoms with E-state index in [2.05, 4.69) is 0 Å². The number of hydrogen-bond acceptors (Lipinski definition) is 6. The molecular formula is C22H29ClN2O6S. The fraction of sp³-hybridized carbons (Fsp3) is 0.409. The average Bonchev–Trinajstić information content (AvgIpc) is 2.78. The molecule has 0 bridgehead atoms. The van der Waals surface area contributed by atoms with Gasteiger partial charge in [-0.05, 0) is 54.3 Å². The van der Waals surface area contributed by atoms with Crippen molar-refractivity contribution in [1.82, 2.24) is 9.79 Å². The number of rotatable bonds is 12. The molecule has 0 aromatic heterocycles. The van der Waals surface area contributed by atoms with E-state index in [0.717, 1.165) is 4.31 Å². The number of benzene rings is 2. The van der Waals surface area contributed by atoms with Gasteiger partial charge in [0.1, 0.15) is 17.5 Å². The molecule has 0 heterocycles. The normalized spacial score (nSPS) is 12.6. The van der Waals surface area contributed by atoms with Crippen molar-refractivity contribution >= 4 is 27.5 Å². The van der Waals surface area contributed by atoms with Crippen molar-refractivity contribution in [3.63, 3.8) is 0 Å². The van der Waals surface area contributed by atoms with Crippen LogP contribution in [0.1, 0.15) is 25.8 Å². The Morgan fingerprint density at radius 2 is 1.84 bits per heavy atom. The second-order valence-electron chi connectivity index (χ2n) is 7.43. The summed E-state index contributed by atoms with van der Waals surface area (Å²) < 4.78 is 39.1. The zero-order chi connectivity index (χ0) is 23.7. The third-order valence-corrected chi connectivity index (χ3v) is 6.88. The highest BCUT2D eigenvalue weighted by Gasteiger charge is 2.38. The van der Waals surface area contributed by atoms with Crippen LogP contribution in [0.5, 0.6) is 11.5 Å². The fourth-order valence-electron chi connectivity index (χ4n) is 3.20. The molecule has 32 heavy (non-hydrogen) atoms. The van der Waals surface area contributed by atoms with Crippen LogP contribution in [-0.2, 0) is 21.4 Å². The molecule has 0 saturated carbocycles. The van der Waals surface area contributed by atoms with Crippen molar-refractivity contribution in [1.29, 1.82) is 0 Å². The molecule has 8 nitrogen and oxygen atoms in total. The molecule has 0 fully saturated rings. The van der Waals surface area contributed by atoms with Gasteiger partial charge in [0.05, 0.1) is 18.6 Å². The largest absolute Gasteiger partial charge is 0.497 e. The molecule has 0 unspecified atom stereocenters. The van der Waals surface area contributed by atoms with Gasteiger partial charge in [0, 0.05) is 12.4 Å². The molecule has 1 amide bonds. The quantitative estimate of drug-likeness (QED) is 0.207. The number of ether oxygens (including phenoxy) is 2. The molecule has 0 radical (unpaired) electrons. The highest BCUT2D eigenvalue weighted by Crippen LogP contribution is 2.27. The Morgan fingerprint density at radius 3 is 2.41 bits per heavy atom. The maximum atomic E-state index is 13.6. The zero-order valence-electron chi connectivity index (χ0n) is 18.3. The summed E-state index contributed by atoms with van der Waals surface area (Å²) in [5, 5.41) is 9.26. The van der Waals surface area contributed by atoms with E-state index in [0.29, 0.717) is 36.0 Å². The molecule has 2 aromatic carbocycles. The SMILES string of the molecule is COc1cccc(CN([C@@H](C(=O)NO)C(C)C)S(=O)(=O)c2ccc(OCCCCl)cc2)c1. The number of halogens is 1. The smallest absolute Gasteiger partial charge is 0.262 e. The van der Waals surface area contributed by atoms with Gasteiger partial charge in [-0.3, -0.25) is 10.0 Å². The van der Waals surface area contributed by atoms with Gasteiger partial charge in [-0.25, -0.2) is 13.9 Å². The molecule has 1 atom stereocenters. The van der Waals surface area contributed by atoms with Crippen LogP contribution in [0.15, 0.2) is 53.4 Å². The van der Waals surface area contributed by atoms with Crippen molar-refractivity contribution in [3.8, 4) is 11.5 Å². The van der Waals surface area contributed by atoms with Crippen LogP contribution < -0.4 is 15.0 Å². The van der Waals surface area contributed by atoms with Crippen LogP contribution in [0.3, 0.4) is 0 Å². The summed E-state index contributed by atoms with van der Waals surface area (Å²) >= 11 is 5.64. The van der Waals surface area contributed by atoms with Gasteiger partial charge < -0.3 is 9.47 Å². The second-order valence-corrected chi connectivity index (χ2v) is 9.70. The Balaban J connectivity index is 2.45. The molecular weight excluding hydrogens is 456 g/mol. The predicted octanol–water partition coefficient (Wildman–Crippen LogP) is 3.42. The van der Waals surface area contributed by atoms with Gasteiger partial charge >= 0.3 is 0 Å². The molecule has 176 valence electrons. The first kappa shape index (κ1) is 25.9. The third kappa shape index (κ3) is 6.59. The molecule has 0 aliphatic rings. The van der Waals surface area contributed by atoms with E-state index in [9.17, 15) is 18.4 Å². The third-order valence-electron chi connectivity index (χ3n) is 4.77. The number of alkyl halides is 1. The first-order chi connectivity index (χ1) is 15.2. The van der Waals surface area contributed by atoms with E-state index >= 15 is 0 Å². The first-order valence-corrected chi connectivity index (χ1v) is 12.1. The Labute approximate surface area is 194 Å². The summed E-state index contributed by atoms with van der Waals surface area (Å²) in [6.45, 7) is 3.75. The highest BCUT2D eigenvalue weighted by molar-refractivity contribution is 7.89. The number of hydrogen-bond donors (Lipinski definition) is 2. The van der Waals surface area contributed by atoms with Crippen LogP contribution in [0.2, 0.25) is 0 Å². The van der Waals surface area contributed by atoms with Crippen molar-refractivity contribution in [3.05, 3.63) is 54.1 Å². The lowest BCUT2D eigenvalue weighted by Crippen LogP contribution is -2.51. The van der Waals surface area contributed by atoms with E-state index in [1.54, 1.807) is 55.7 Å². The van der Waals surface area contributed by atoms with Gasteiger partial charge in [-0.1, -0.05) is 26.0 Å². The standard InChI is InChI=1S/C22H29ClN2O6S/c1-16(2)21(22(26)24-27)25(15-17-6-4-7-19(14-17)30-3)32(28,29)20-10-8-18(9-11-20)31-13-5-12-23/h4,6-11,14,16,21,27H,5,12-13,15H2,1-3H3,(H,24,26)/t21-/m1/s1. The lowest BCUT2D eigenvalue weighted by Gasteiger charge is -2.32. The summed E-state index contributed by atoms with van der Waals surface area (Å²) in [4.78, 5) is 12.5. The Hall–Kier alpha value is -2.33. The van der Waals surface area contributed by atoms with E-state index < -0.39 is 27.9 Å². The molecule has 0 saturated heterocycles. The zero-order valence-corrected chi connectivity index (χ0v) is 19.9.